The number of thioether (sulfide) groups is 1. The van der Waals surface area contributed by atoms with Gasteiger partial charge in [0.25, 0.3) is 0 Å². The van der Waals surface area contributed by atoms with Gasteiger partial charge in [-0.25, -0.2) is 4.98 Å². The van der Waals surface area contributed by atoms with Crippen molar-refractivity contribution in [2.75, 3.05) is 18.2 Å². The topological polar surface area (TPSA) is 94.4 Å². The number of carbonyl (C=O) groups is 1. The number of anilines is 1. The molecule has 1 aromatic heterocycles. The fourth-order valence-electron chi connectivity index (χ4n) is 2.47. The summed E-state index contributed by atoms with van der Waals surface area (Å²) < 4.78 is 6.02. The number of aromatic nitrogens is 1. The van der Waals surface area contributed by atoms with Crippen molar-refractivity contribution in [2.24, 2.45) is 0 Å². The SMILES string of the molecule is COc1ccc(CSCC(=O)Nc2nc3ccc(C)cc3s2)cc1[N+](=O)[O-]. The van der Waals surface area contributed by atoms with Gasteiger partial charge in [-0.1, -0.05) is 23.5 Å². The number of nitro benzene ring substituents is 1. The third-order valence-electron chi connectivity index (χ3n) is 3.73. The highest BCUT2D eigenvalue weighted by molar-refractivity contribution is 7.99. The van der Waals surface area contributed by atoms with E-state index in [0.29, 0.717) is 10.9 Å². The van der Waals surface area contributed by atoms with Crippen molar-refractivity contribution >= 4 is 50.0 Å². The van der Waals surface area contributed by atoms with Gasteiger partial charge in [0.05, 0.1) is 28.0 Å². The Balaban J connectivity index is 1.56. The molecular weight excluding hydrogens is 386 g/mol. The van der Waals surface area contributed by atoms with Crippen molar-refractivity contribution in [3.8, 4) is 5.75 Å². The van der Waals surface area contributed by atoms with Crippen molar-refractivity contribution in [3.63, 3.8) is 0 Å². The molecule has 0 radical (unpaired) electrons. The highest BCUT2D eigenvalue weighted by Crippen LogP contribution is 2.29. The van der Waals surface area contributed by atoms with Crippen LogP contribution in [0.4, 0.5) is 10.8 Å². The summed E-state index contributed by atoms with van der Waals surface area (Å²) in [6.07, 6.45) is 0. The summed E-state index contributed by atoms with van der Waals surface area (Å²) in [5.41, 5.74) is 2.69. The molecule has 2 aromatic carbocycles. The van der Waals surface area contributed by atoms with Crippen LogP contribution >= 0.6 is 23.1 Å². The number of amides is 1. The molecule has 1 heterocycles. The summed E-state index contributed by atoms with van der Waals surface area (Å²) in [4.78, 5) is 27.1. The number of hydrogen-bond acceptors (Lipinski definition) is 7. The average Bonchev–Trinajstić information content (AvgIpc) is 3.02. The van der Waals surface area contributed by atoms with Crippen LogP contribution in [-0.4, -0.2) is 28.7 Å². The molecule has 0 aliphatic heterocycles. The summed E-state index contributed by atoms with van der Waals surface area (Å²) in [5, 5.41) is 14.4. The van der Waals surface area contributed by atoms with Crippen LogP contribution in [0.3, 0.4) is 0 Å². The first-order valence-electron chi connectivity index (χ1n) is 8.02. The first-order chi connectivity index (χ1) is 13.0. The van der Waals surface area contributed by atoms with E-state index in [9.17, 15) is 14.9 Å². The molecule has 1 N–H and O–H groups in total. The Labute approximate surface area is 163 Å². The number of ether oxygens (including phenoxy) is 1. The van der Waals surface area contributed by atoms with Gasteiger partial charge in [-0.15, -0.1) is 11.8 Å². The fourth-order valence-corrected chi connectivity index (χ4v) is 4.23. The van der Waals surface area contributed by atoms with Gasteiger partial charge in [0.15, 0.2) is 10.9 Å². The highest BCUT2D eigenvalue weighted by atomic mass is 32.2. The zero-order valence-corrected chi connectivity index (χ0v) is 16.4. The summed E-state index contributed by atoms with van der Waals surface area (Å²) in [7, 11) is 1.39. The Hall–Kier alpha value is -2.65. The van der Waals surface area contributed by atoms with E-state index in [2.05, 4.69) is 10.3 Å². The second-order valence-corrected chi connectivity index (χ2v) is 7.81. The molecule has 0 spiro atoms. The van der Waals surface area contributed by atoms with Crippen LogP contribution in [-0.2, 0) is 10.5 Å². The Morgan fingerprint density at radius 1 is 1.33 bits per heavy atom. The lowest BCUT2D eigenvalue weighted by Gasteiger charge is -2.05. The molecule has 0 unspecified atom stereocenters. The standard InChI is InChI=1S/C18H17N3O4S2/c1-11-3-5-13-16(7-11)27-18(19-13)20-17(22)10-26-9-12-4-6-15(25-2)14(8-12)21(23)24/h3-8H,9-10H2,1-2H3,(H,19,20,22). The number of aryl methyl sites for hydroxylation is 1. The molecule has 0 aliphatic rings. The summed E-state index contributed by atoms with van der Waals surface area (Å²) in [6, 6.07) is 10.7. The lowest BCUT2D eigenvalue weighted by atomic mass is 10.2. The molecule has 7 nitrogen and oxygen atoms in total. The molecule has 9 heteroatoms. The molecule has 0 fully saturated rings. The molecule has 27 heavy (non-hydrogen) atoms. The van der Waals surface area contributed by atoms with Gasteiger partial charge < -0.3 is 10.1 Å². The summed E-state index contributed by atoms with van der Waals surface area (Å²) in [5.74, 6) is 0.780. The van der Waals surface area contributed by atoms with Gasteiger partial charge in [0, 0.05) is 11.8 Å². The monoisotopic (exact) mass is 403 g/mol. The highest BCUT2D eigenvalue weighted by Gasteiger charge is 2.15. The van der Waals surface area contributed by atoms with Gasteiger partial charge in [-0.2, -0.15) is 0 Å². The minimum atomic E-state index is -0.478. The molecule has 3 rings (SSSR count). The van der Waals surface area contributed by atoms with E-state index in [1.54, 1.807) is 12.1 Å². The molecule has 3 aromatic rings. The lowest BCUT2D eigenvalue weighted by molar-refractivity contribution is -0.385. The lowest BCUT2D eigenvalue weighted by Crippen LogP contribution is -2.13. The van der Waals surface area contributed by atoms with Crippen LogP contribution < -0.4 is 10.1 Å². The van der Waals surface area contributed by atoms with Crippen LogP contribution in [0, 0.1) is 17.0 Å². The Bertz CT molecular complexity index is 1000. The number of nitro groups is 1. The van der Waals surface area contributed by atoms with Crippen molar-refractivity contribution < 1.29 is 14.5 Å². The maximum Gasteiger partial charge on any atom is 0.311 e. The number of fused-ring (bicyclic) bond motifs is 1. The molecule has 1 amide bonds. The van der Waals surface area contributed by atoms with Crippen molar-refractivity contribution in [1.29, 1.82) is 0 Å². The number of nitrogens with zero attached hydrogens (tertiary/aromatic N) is 2. The van der Waals surface area contributed by atoms with Gasteiger partial charge in [-0.05, 0) is 36.2 Å². The predicted octanol–water partition coefficient (Wildman–Crippen LogP) is 4.39. The number of carbonyl (C=O) groups excluding carboxylic acids is 1. The summed E-state index contributed by atoms with van der Waals surface area (Å²) >= 11 is 2.82. The predicted molar refractivity (Wildman–Crippen MR) is 109 cm³/mol. The fraction of sp³-hybridized carbons (Fsp3) is 0.222. The third-order valence-corrected chi connectivity index (χ3v) is 5.67. The zero-order valence-electron chi connectivity index (χ0n) is 14.7. The molecule has 0 saturated carbocycles. The Morgan fingerprint density at radius 3 is 2.89 bits per heavy atom. The van der Waals surface area contributed by atoms with E-state index >= 15 is 0 Å². The van der Waals surface area contributed by atoms with E-state index in [1.807, 2.05) is 25.1 Å². The van der Waals surface area contributed by atoms with E-state index in [0.717, 1.165) is 21.3 Å². The Morgan fingerprint density at radius 2 is 2.15 bits per heavy atom. The number of nitrogens with one attached hydrogen (secondary N) is 1. The van der Waals surface area contributed by atoms with Gasteiger partial charge in [-0.3, -0.25) is 14.9 Å². The molecule has 140 valence electrons. The number of rotatable bonds is 7. The van der Waals surface area contributed by atoms with Crippen LogP contribution in [0.5, 0.6) is 5.75 Å². The minimum Gasteiger partial charge on any atom is -0.490 e. The minimum absolute atomic E-state index is 0.0789. The van der Waals surface area contributed by atoms with Crippen molar-refractivity contribution in [2.45, 2.75) is 12.7 Å². The van der Waals surface area contributed by atoms with E-state index in [1.165, 1.54) is 36.3 Å². The number of methoxy groups -OCH3 is 1. The normalized spacial score (nSPS) is 10.7. The van der Waals surface area contributed by atoms with Crippen molar-refractivity contribution in [1.82, 2.24) is 4.98 Å². The maximum atomic E-state index is 12.1. The van der Waals surface area contributed by atoms with Crippen LogP contribution in [0.15, 0.2) is 36.4 Å². The number of benzene rings is 2. The Kier molecular flexibility index (Phi) is 5.92. The zero-order chi connectivity index (χ0) is 19.4. The quantitative estimate of drug-likeness (QED) is 0.464. The van der Waals surface area contributed by atoms with E-state index in [-0.39, 0.29) is 23.1 Å². The van der Waals surface area contributed by atoms with Crippen LogP contribution in [0.25, 0.3) is 10.2 Å². The maximum absolute atomic E-state index is 12.1. The molecule has 0 aliphatic carbocycles. The van der Waals surface area contributed by atoms with Gasteiger partial charge in [0.2, 0.25) is 5.91 Å². The molecular formula is C18H17N3O4S2. The molecule has 0 bridgehead atoms. The average molecular weight is 403 g/mol. The van der Waals surface area contributed by atoms with Crippen LogP contribution in [0.1, 0.15) is 11.1 Å². The second kappa shape index (κ2) is 8.36. The van der Waals surface area contributed by atoms with Crippen LogP contribution in [0.2, 0.25) is 0 Å². The largest absolute Gasteiger partial charge is 0.490 e. The third kappa shape index (κ3) is 4.75. The van der Waals surface area contributed by atoms with Gasteiger partial charge in [0.1, 0.15) is 0 Å². The first-order valence-corrected chi connectivity index (χ1v) is 9.99. The first kappa shape index (κ1) is 19.1. The molecule has 0 atom stereocenters. The van der Waals surface area contributed by atoms with E-state index in [4.69, 9.17) is 4.74 Å². The summed E-state index contributed by atoms with van der Waals surface area (Å²) in [6.45, 7) is 2.01. The van der Waals surface area contributed by atoms with Gasteiger partial charge >= 0.3 is 5.69 Å². The second-order valence-electron chi connectivity index (χ2n) is 5.79. The van der Waals surface area contributed by atoms with E-state index < -0.39 is 4.92 Å². The van der Waals surface area contributed by atoms with Crippen molar-refractivity contribution in [3.05, 3.63) is 57.6 Å². The molecule has 0 saturated heterocycles. The number of thiazole rings is 1. The smallest absolute Gasteiger partial charge is 0.311 e. The number of hydrogen-bond donors (Lipinski definition) is 1.